The monoisotopic (exact) mass is 254 g/mol. The highest BCUT2D eigenvalue weighted by Crippen LogP contribution is 2.04. The molecule has 0 atom stereocenters. The molecule has 0 N–H and O–H groups in total. The van der Waals surface area contributed by atoms with Crippen LogP contribution in [0.4, 0.5) is 0 Å². The van der Waals surface area contributed by atoms with Gasteiger partial charge in [0, 0.05) is 18.4 Å². The first-order valence-corrected chi connectivity index (χ1v) is 6.24. The fraction of sp³-hybridized carbons (Fsp3) is 0.692. The molecule has 1 aromatic rings. The van der Waals surface area contributed by atoms with Crippen molar-refractivity contribution < 1.29 is 9.47 Å². The van der Waals surface area contributed by atoms with E-state index < -0.39 is 0 Å². The Morgan fingerprint density at radius 2 is 2.11 bits per heavy atom. The molecule has 0 aliphatic heterocycles. The average molecular weight is 254 g/mol. The zero-order chi connectivity index (χ0) is 13.5. The van der Waals surface area contributed by atoms with Crippen molar-refractivity contribution in [1.82, 2.24) is 9.55 Å². The molecule has 0 amide bonds. The smallest absolute Gasteiger partial charge is 0.299 e. The Kier molecular flexibility index (Phi) is 5.85. The van der Waals surface area contributed by atoms with Gasteiger partial charge >= 0.3 is 0 Å². The molecular formula is C13H22N2O3. The molecule has 0 unspecified atom stereocenters. The van der Waals surface area contributed by atoms with Crippen molar-refractivity contribution in [2.75, 3.05) is 20.3 Å². The molecule has 5 nitrogen and oxygen atoms in total. The van der Waals surface area contributed by atoms with Crippen molar-refractivity contribution in [3.8, 4) is 6.01 Å². The Hall–Kier alpha value is -1.36. The number of methoxy groups -OCH3 is 1. The molecule has 0 aliphatic carbocycles. The standard InChI is InChI=1S/C13H22N2O3/c1-10(2)5-7-18-8-6-15-12(16)9-11(3)14-13(15)17-4/h9-10H,5-8H2,1-4H3. The molecule has 0 saturated carbocycles. The van der Waals surface area contributed by atoms with Gasteiger partial charge in [-0.05, 0) is 19.3 Å². The first kappa shape index (κ1) is 14.7. The highest BCUT2D eigenvalue weighted by molar-refractivity contribution is 5.06. The van der Waals surface area contributed by atoms with E-state index in [9.17, 15) is 4.79 Å². The van der Waals surface area contributed by atoms with Crippen molar-refractivity contribution >= 4 is 0 Å². The van der Waals surface area contributed by atoms with Crippen LogP contribution in [0.1, 0.15) is 26.0 Å². The van der Waals surface area contributed by atoms with Gasteiger partial charge in [-0.25, -0.2) is 4.98 Å². The van der Waals surface area contributed by atoms with Gasteiger partial charge in [0.1, 0.15) is 0 Å². The van der Waals surface area contributed by atoms with Crippen LogP contribution < -0.4 is 10.3 Å². The number of rotatable bonds is 7. The first-order valence-electron chi connectivity index (χ1n) is 6.24. The van der Waals surface area contributed by atoms with Crippen molar-refractivity contribution in [1.29, 1.82) is 0 Å². The van der Waals surface area contributed by atoms with Gasteiger partial charge in [-0.3, -0.25) is 9.36 Å². The van der Waals surface area contributed by atoms with Gasteiger partial charge in [0.2, 0.25) is 0 Å². The number of aromatic nitrogens is 2. The van der Waals surface area contributed by atoms with Crippen LogP contribution in [-0.2, 0) is 11.3 Å². The largest absolute Gasteiger partial charge is 0.468 e. The third-order valence-electron chi connectivity index (χ3n) is 2.58. The maximum absolute atomic E-state index is 11.8. The van der Waals surface area contributed by atoms with E-state index in [0.717, 1.165) is 6.42 Å². The number of aryl methyl sites for hydroxylation is 1. The Morgan fingerprint density at radius 1 is 1.39 bits per heavy atom. The Labute approximate surface area is 108 Å². The van der Waals surface area contributed by atoms with Crippen LogP contribution in [0.5, 0.6) is 6.01 Å². The van der Waals surface area contributed by atoms with E-state index in [4.69, 9.17) is 9.47 Å². The van der Waals surface area contributed by atoms with Crippen molar-refractivity contribution in [2.24, 2.45) is 5.92 Å². The predicted octanol–water partition coefficient (Wildman–Crippen LogP) is 1.62. The molecule has 0 aromatic carbocycles. The summed E-state index contributed by atoms with van der Waals surface area (Å²) in [4.78, 5) is 15.9. The van der Waals surface area contributed by atoms with E-state index in [1.165, 1.54) is 17.7 Å². The molecule has 0 radical (unpaired) electrons. The summed E-state index contributed by atoms with van der Waals surface area (Å²) in [6, 6.07) is 1.84. The van der Waals surface area contributed by atoms with E-state index in [1.807, 2.05) is 0 Å². The zero-order valence-electron chi connectivity index (χ0n) is 11.6. The normalized spacial score (nSPS) is 10.9. The molecule has 1 rings (SSSR count). The van der Waals surface area contributed by atoms with Crippen LogP contribution in [0.2, 0.25) is 0 Å². The van der Waals surface area contributed by atoms with Gasteiger partial charge in [-0.1, -0.05) is 13.8 Å². The minimum atomic E-state index is -0.105. The summed E-state index contributed by atoms with van der Waals surface area (Å²) >= 11 is 0. The maximum Gasteiger partial charge on any atom is 0.299 e. The van der Waals surface area contributed by atoms with E-state index >= 15 is 0 Å². The van der Waals surface area contributed by atoms with Crippen LogP contribution in [0.25, 0.3) is 0 Å². The van der Waals surface area contributed by atoms with E-state index in [2.05, 4.69) is 18.8 Å². The highest BCUT2D eigenvalue weighted by atomic mass is 16.5. The number of hydrogen-bond acceptors (Lipinski definition) is 4. The second-order valence-electron chi connectivity index (χ2n) is 4.67. The summed E-state index contributed by atoms with van der Waals surface area (Å²) in [6.07, 6.45) is 1.03. The molecular weight excluding hydrogens is 232 g/mol. The fourth-order valence-electron chi connectivity index (χ4n) is 1.53. The average Bonchev–Trinajstić information content (AvgIpc) is 2.30. The van der Waals surface area contributed by atoms with Crippen LogP contribution in [-0.4, -0.2) is 29.9 Å². The van der Waals surface area contributed by atoms with Crippen LogP contribution in [0.3, 0.4) is 0 Å². The quantitative estimate of drug-likeness (QED) is 0.694. The summed E-state index contributed by atoms with van der Waals surface area (Å²) in [7, 11) is 1.51. The molecule has 0 bridgehead atoms. The summed E-state index contributed by atoms with van der Waals surface area (Å²) in [5, 5.41) is 0. The van der Waals surface area contributed by atoms with Crippen molar-refractivity contribution in [2.45, 2.75) is 33.7 Å². The Bertz CT molecular complexity index is 427. The summed E-state index contributed by atoms with van der Waals surface area (Å²) < 4.78 is 12.1. The summed E-state index contributed by atoms with van der Waals surface area (Å²) in [5.41, 5.74) is 0.556. The van der Waals surface area contributed by atoms with Crippen LogP contribution in [0.15, 0.2) is 10.9 Å². The minimum absolute atomic E-state index is 0.105. The number of hydrogen-bond donors (Lipinski definition) is 0. The minimum Gasteiger partial charge on any atom is -0.468 e. The topological polar surface area (TPSA) is 53.3 Å². The van der Waals surface area contributed by atoms with E-state index in [1.54, 1.807) is 6.92 Å². The first-order chi connectivity index (χ1) is 8.54. The molecule has 102 valence electrons. The van der Waals surface area contributed by atoms with Gasteiger partial charge in [-0.2, -0.15) is 0 Å². The van der Waals surface area contributed by atoms with Crippen molar-refractivity contribution in [3.63, 3.8) is 0 Å². The fourth-order valence-corrected chi connectivity index (χ4v) is 1.53. The summed E-state index contributed by atoms with van der Waals surface area (Å²) in [5.74, 6) is 0.628. The summed E-state index contributed by atoms with van der Waals surface area (Å²) in [6.45, 7) is 7.75. The van der Waals surface area contributed by atoms with Gasteiger partial charge in [0.05, 0.1) is 20.3 Å². The number of ether oxygens (including phenoxy) is 2. The number of nitrogens with zero attached hydrogens (tertiary/aromatic N) is 2. The van der Waals surface area contributed by atoms with Crippen LogP contribution in [0, 0.1) is 12.8 Å². The molecule has 1 aromatic heterocycles. The third kappa shape index (κ3) is 4.49. The molecule has 0 saturated heterocycles. The second-order valence-corrected chi connectivity index (χ2v) is 4.67. The van der Waals surface area contributed by atoms with Gasteiger partial charge in [-0.15, -0.1) is 0 Å². The second kappa shape index (κ2) is 7.16. The molecule has 0 spiro atoms. The lowest BCUT2D eigenvalue weighted by Crippen LogP contribution is -2.25. The van der Waals surface area contributed by atoms with Crippen LogP contribution >= 0.6 is 0 Å². The Balaban J connectivity index is 2.54. The maximum atomic E-state index is 11.8. The van der Waals surface area contributed by atoms with E-state index in [-0.39, 0.29) is 5.56 Å². The lowest BCUT2D eigenvalue weighted by molar-refractivity contribution is 0.113. The van der Waals surface area contributed by atoms with Crippen molar-refractivity contribution in [3.05, 3.63) is 22.1 Å². The third-order valence-corrected chi connectivity index (χ3v) is 2.58. The lowest BCUT2D eigenvalue weighted by atomic mass is 10.1. The van der Waals surface area contributed by atoms with Gasteiger partial charge in [0.25, 0.3) is 11.6 Å². The molecule has 1 heterocycles. The highest BCUT2D eigenvalue weighted by Gasteiger charge is 2.06. The van der Waals surface area contributed by atoms with Gasteiger partial charge in [0.15, 0.2) is 0 Å². The predicted molar refractivity (Wildman–Crippen MR) is 70.1 cm³/mol. The molecule has 0 fully saturated rings. The SMILES string of the molecule is COc1nc(C)cc(=O)n1CCOCCC(C)C. The lowest BCUT2D eigenvalue weighted by Gasteiger charge is -2.11. The molecule has 18 heavy (non-hydrogen) atoms. The van der Waals surface area contributed by atoms with E-state index in [0.29, 0.717) is 37.4 Å². The Morgan fingerprint density at radius 3 is 2.72 bits per heavy atom. The zero-order valence-corrected chi connectivity index (χ0v) is 11.6. The molecule has 0 aliphatic rings. The molecule has 5 heteroatoms. The van der Waals surface area contributed by atoms with Gasteiger partial charge < -0.3 is 9.47 Å².